The first-order chi connectivity index (χ1) is 23.4. The zero-order chi connectivity index (χ0) is 33.4. The molecule has 0 spiro atoms. The average molecular weight is 755 g/mol. The lowest BCUT2D eigenvalue weighted by atomic mass is 9.97. The normalized spacial score (nSPS) is 13.9. The van der Waals surface area contributed by atoms with E-state index in [0.717, 1.165) is 37.8 Å². The number of hydrazine groups is 1. The lowest BCUT2D eigenvalue weighted by molar-refractivity contribution is 0.109. The SMILES string of the molecule is N#Cc1c(N=Nc2c(Cl)c(Cl)c(Cl)c(Cl)c2NNc2nc3c(c(-c4cccs4)c2C#N)COCC3)nc2c(c1-c1cccs1)COCC2. The molecule has 0 saturated heterocycles. The highest BCUT2D eigenvalue weighted by molar-refractivity contribution is 7.13. The van der Waals surface area contributed by atoms with Crippen LogP contribution < -0.4 is 10.9 Å². The van der Waals surface area contributed by atoms with E-state index in [1.54, 1.807) is 0 Å². The van der Waals surface area contributed by atoms with Crippen molar-refractivity contribution in [1.29, 1.82) is 10.5 Å². The minimum atomic E-state index is -0.0437. The first kappa shape index (κ1) is 32.7. The van der Waals surface area contributed by atoms with Gasteiger partial charge in [0.2, 0.25) is 0 Å². The first-order valence-corrected chi connectivity index (χ1v) is 17.6. The van der Waals surface area contributed by atoms with Gasteiger partial charge in [-0.2, -0.15) is 10.5 Å². The largest absolute Gasteiger partial charge is 0.376 e. The Labute approximate surface area is 302 Å². The maximum atomic E-state index is 10.3. The van der Waals surface area contributed by atoms with E-state index in [1.165, 1.54) is 22.7 Å². The van der Waals surface area contributed by atoms with E-state index in [9.17, 15) is 10.5 Å². The molecule has 0 radical (unpaired) electrons. The molecule has 0 amide bonds. The van der Waals surface area contributed by atoms with Crippen molar-refractivity contribution in [2.24, 2.45) is 10.2 Å². The Balaban J connectivity index is 1.32. The molecule has 2 N–H and O–H groups in total. The van der Waals surface area contributed by atoms with E-state index in [4.69, 9.17) is 65.8 Å². The summed E-state index contributed by atoms with van der Waals surface area (Å²) >= 11 is 29.4. The molecule has 0 unspecified atom stereocenters. The third kappa shape index (κ3) is 5.89. The lowest BCUT2D eigenvalue weighted by Crippen LogP contribution is -2.19. The highest BCUT2D eigenvalue weighted by Gasteiger charge is 2.27. The van der Waals surface area contributed by atoms with Crippen LogP contribution in [0.4, 0.5) is 23.0 Å². The topological polar surface area (TPSA) is 141 Å². The fraction of sp³-hybridized carbons (Fsp3) is 0.188. The summed E-state index contributed by atoms with van der Waals surface area (Å²) < 4.78 is 11.4. The quantitative estimate of drug-likeness (QED) is 0.0724. The summed E-state index contributed by atoms with van der Waals surface area (Å²) in [5.41, 5.74) is 11.5. The number of nitrogens with zero attached hydrogens (tertiary/aromatic N) is 6. The van der Waals surface area contributed by atoms with Gasteiger partial charge < -0.3 is 9.47 Å². The molecule has 4 aromatic heterocycles. The smallest absolute Gasteiger partial charge is 0.193 e. The minimum Gasteiger partial charge on any atom is -0.376 e. The molecule has 7 rings (SSSR count). The van der Waals surface area contributed by atoms with E-state index >= 15 is 0 Å². The number of aromatic nitrogens is 2. The van der Waals surface area contributed by atoms with Crippen LogP contribution in [0, 0.1) is 22.7 Å². The van der Waals surface area contributed by atoms with Gasteiger partial charge in [0.1, 0.15) is 34.6 Å². The van der Waals surface area contributed by atoms with E-state index in [2.05, 4.69) is 33.2 Å². The molecular formula is C32H20Cl4N8O2S2. The van der Waals surface area contributed by atoms with E-state index in [1.807, 2.05) is 35.0 Å². The highest BCUT2D eigenvalue weighted by Crippen LogP contribution is 2.50. The molecule has 0 saturated carbocycles. The maximum absolute atomic E-state index is 10.3. The number of thiophene rings is 2. The zero-order valence-corrected chi connectivity index (χ0v) is 29.2. The Morgan fingerprint density at radius 1 is 0.729 bits per heavy atom. The summed E-state index contributed by atoms with van der Waals surface area (Å²) in [5.74, 6) is 0.360. The van der Waals surface area contributed by atoms with Crippen LogP contribution in [0.25, 0.3) is 20.9 Å². The molecule has 0 bridgehead atoms. The van der Waals surface area contributed by atoms with Gasteiger partial charge in [-0.25, -0.2) is 9.97 Å². The summed E-state index contributed by atoms with van der Waals surface area (Å²) in [4.78, 5) is 11.3. The van der Waals surface area contributed by atoms with Crippen LogP contribution in [0.5, 0.6) is 0 Å². The number of rotatable bonds is 7. The number of ether oxygens (including phenoxy) is 2. The Morgan fingerprint density at radius 2 is 1.31 bits per heavy atom. The fourth-order valence-corrected chi connectivity index (χ4v) is 8.09. The van der Waals surface area contributed by atoms with Gasteiger partial charge >= 0.3 is 0 Å². The molecule has 1 aromatic carbocycles. The molecule has 2 aliphatic rings. The van der Waals surface area contributed by atoms with Crippen LogP contribution in [0.1, 0.15) is 33.6 Å². The summed E-state index contributed by atoms with van der Waals surface area (Å²) in [6.07, 6.45) is 1.12. The zero-order valence-electron chi connectivity index (χ0n) is 24.5. The summed E-state index contributed by atoms with van der Waals surface area (Å²) in [7, 11) is 0. The van der Waals surface area contributed by atoms with Crippen molar-refractivity contribution in [3.8, 4) is 33.0 Å². The monoisotopic (exact) mass is 752 g/mol. The molecule has 5 aromatic rings. The number of azo groups is 1. The van der Waals surface area contributed by atoms with Crippen LogP contribution in [-0.4, -0.2) is 23.2 Å². The van der Waals surface area contributed by atoms with Crippen molar-refractivity contribution in [3.05, 3.63) is 88.8 Å². The van der Waals surface area contributed by atoms with Crippen LogP contribution in [-0.2, 0) is 35.5 Å². The number of anilines is 2. The van der Waals surface area contributed by atoms with E-state index < -0.39 is 0 Å². The van der Waals surface area contributed by atoms with E-state index in [0.29, 0.717) is 50.4 Å². The second-order valence-electron chi connectivity index (χ2n) is 10.5. The van der Waals surface area contributed by atoms with Crippen LogP contribution in [0.3, 0.4) is 0 Å². The summed E-state index contributed by atoms with van der Waals surface area (Å²) in [5, 5.41) is 33.2. The molecule has 10 nitrogen and oxygen atoms in total. The standard InChI is InChI=1S/C32H20Cl4N8O2S2/c33-25-26(34)28(36)30(42-44-32-16(12-38)24(22-4-2-10-48-22)18-14-46-8-6-20(18)40-32)29(27(25)35)41-43-31-15(11-37)23(21-3-1-9-47-21)17-13-45-7-5-19(17)39-31/h1-4,9-10,41H,5-8,13-14H2,(H,39,43). The third-order valence-corrected chi connectivity index (χ3v) is 11.3. The minimum absolute atomic E-state index is 0.00815. The predicted molar refractivity (Wildman–Crippen MR) is 189 cm³/mol. The van der Waals surface area contributed by atoms with Gasteiger partial charge in [-0.3, -0.25) is 10.9 Å². The van der Waals surface area contributed by atoms with Crippen molar-refractivity contribution in [3.63, 3.8) is 0 Å². The first-order valence-electron chi connectivity index (χ1n) is 14.4. The average Bonchev–Trinajstić information content (AvgIpc) is 3.85. The number of fused-ring (bicyclic) bond motifs is 2. The van der Waals surface area contributed by atoms with Crippen molar-refractivity contribution < 1.29 is 9.47 Å². The van der Waals surface area contributed by atoms with Crippen molar-refractivity contribution >= 4 is 92.1 Å². The van der Waals surface area contributed by atoms with Gasteiger partial charge in [-0.05, 0) is 22.9 Å². The number of benzene rings is 1. The number of hydrogen-bond donors (Lipinski definition) is 2. The van der Waals surface area contributed by atoms with Gasteiger partial charge in [0.25, 0.3) is 0 Å². The second kappa shape index (κ2) is 14.0. The molecule has 0 aliphatic carbocycles. The lowest BCUT2D eigenvalue weighted by Gasteiger charge is -2.23. The molecule has 0 fully saturated rings. The van der Waals surface area contributed by atoms with Crippen molar-refractivity contribution in [2.45, 2.75) is 26.1 Å². The Morgan fingerprint density at radius 3 is 1.90 bits per heavy atom. The Kier molecular flexibility index (Phi) is 9.52. The molecule has 2 aliphatic heterocycles. The second-order valence-corrected chi connectivity index (χ2v) is 13.9. The molecule has 0 atom stereocenters. The van der Waals surface area contributed by atoms with Gasteiger partial charge in [-0.1, -0.05) is 58.5 Å². The van der Waals surface area contributed by atoms with Gasteiger partial charge in [0.15, 0.2) is 11.6 Å². The fourth-order valence-electron chi connectivity index (χ4n) is 5.55. The van der Waals surface area contributed by atoms with Gasteiger partial charge in [0.05, 0.1) is 57.9 Å². The Hall–Kier alpha value is -3.82. The number of hydrogen-bond acceptors (Lipinski definition) is 12. The van der Waals surface area contributed by atoms with E-state index in [-0.39, 0.29) is 48.7 Å². The maximum Gasteiger partial charge on any atom is 0.193 e. The van der Waals surface area contributed by atoms with Gasteiger partial charge in [0, 0.05) is 44.8 Å². The summed E-state index contributed by atoms with van der Waals surface area (Å²) in [6, 6.07) is 12.3. The molecule has 6 heterocycles. The number of halogens is 4. The predicted octanol–water partition coefficient (Wildman–Crippen LogP) is 10.3. The highest BCUT2D eigenvalue weighted by atomic mass is 35.5. The molecule has 240 valence electrons. The van der Waals surface area contributed by atoms with Crippen molar-refractivity contribution in [2.75, 3.05) is 24.1 Å². The molecule has 48 heavy (non-hydrogen) atoms. The molecule has 16 heteroatoms. The third-order valence-electron chi connectivity index (χ3n) is 7.76. The van der Waals surface area contributed by atoms with Crippen molar-refractivity contribution in [1.82, 2.24) is 9.97 Å². The number of pyridine rings is 2. The van der Waals surface area contributed by atoms with Crippen LogP contribution in [0.15, 0.2) is 45.3 Å². The van der Waals surface area contributed by atoms with Gasteiger partial charge in [-0.15, -0.1) is 32.9 Å². The number of nitriles is 2. The van der Waals surface area contributed by atoms with Crippen LogP contribution >= 0.6 is 69.1 Å². The number of nitrogens with one attached hydrogen (secondary N) is 2. The summed E-state index contributed by atoms with van der Waals surface area (Å²) in [6.45, 7) is 1.67. The Bertz CT molecular complexity index is 2180. The molecular weight excluding hydrogens is 734 g/mol. The van der Waals surface area contributed by atoms with Crippen LogP contribution in [0.2, 0.25) is 20.1 Å².